The Bertz CT molecular complexity index is 981. The lowest BCUT2D eigenvalue weighted by molar-refractivity contribution is -0.880. The Hall–Kier alpha value is -2.58. The number of fused-ring (bicyclic) bond motifs is 1. The molecule has 7 nitrogen and oxygen atoms in total. The van der Waals surface area contributed by atoms with Gasteiger partial charge in [-0.05, 0) is 54.4 Å². The molecule has 28 heavy (non-hydrogen) atoms. The second kappa shape index (κ2) is 7.44. The normalized spacial score (nSPS) is 17.8. The Morgan fingerprint density at radius 1 is 1.04 bits per heavy atom. The minimum Gasteiger partial charge on any atom is -0.360 e. The Morgan fingerprint density at radius 3 is 2.46 bits per heavy atom. The van der Waals surface area contributed by atoms with Crippen molar-refractivity contribution in [2.45, 2.75) is 17.7 Å². The van der Waals surface area contributed by atoms with E-state index in [4.69, 9.17) is 0 Å². The number of quaternary nitrogens is 1. The van der Waals surface area contributed by atoms with Crippen molar-refractivity contribution in [3.8, 4) is 0 Å². The number of benzene rings is 2. The SMILES string of the molecule is C[NH+]1CCN(c2ccc(NS(=O)(=O)c3ccc4c(c3)CCC(=O)N4)cc2)CC1. The van der Waals surface area contributed by atoms with E-state index in [1.165, 1.54) is 11.0 Å². The Morgan fingerprint density at radius 2 is 1.75 bits per heavy atom. The van der Waals surface area contributed by atoms with Crippen LogP contribution in [0.5, 0.6) is 0 Å². The van der Waals surface area contributed by atoms with Crippen molar-refractivity contribution in [3.05, 3.63) is 48.0 Å². The van der Waals surface area contributed by atoms with Gasteiger partial charge in [0.05, 0.1) is 38.1 Å². The summed E-state index contributed by atoms with van der Waals surface area (Å²) in [6.07, 6.45) is 0.922. The number of rotatable bonds is 4. The molecule has 0 bridgehead atoms. The number of anilines is 3. The molecular weight excluding hydrogens is 376 g/mol. The lowest BCUT2D eigenvalue weighted by Gasteiger charge is -2.31. The van der Waals surface area contributed by atoms with E-state index in [1.807, 2.05) is 12.1 Å². The third kappa shape index (κ3) is 3.98. The number of hydrogen-bond donors (Lipinski definition) is 3. The summed E-state index contributed by atoms with van der Waals surface area (Å²) in [4.78, 5) is 15.5. The second-order valence-corrected chi connectivity index (χ2v) is 9.15. The van der Waals surface area contributed by atoms with E-state index < -0.39 is 10.0 Å². The molecule has 1 fully saturated rings. The maximum Gasteiger partial charge on any atom is 0.261 e. The van der Waals surface area contributed by atoms with Gasteiger partial charge in [0.1, 0.15) is 0 Å². The van der Waals surface area contributed by atoms with Crippen LogP contribution >= 0.6 is 0 Å². The van der Waals surface area contributed by atoms with E-state index >= 15 is 0 Å². The number of aryl methyl sites for hydroxylation is 1. The fourth-order valence-electron chi connectivity index (χ4n) is 3.63. The van der Waals surface area contributed by atoms with Gasteiger partial charge in [0.25, 0.3) is 10.0 Å². The van der Waals surface area contributed by atoms with Crippen molar-refractivity contribution >= 4 is 33.0 Å². The summed E-state index contributed by atoms with van der Waals surface area (Å²) in [6, 6.07) is 12.3. The first-order valence-corrected chi connectivity index (χ1v) is 11.0. The zero-order chi connectivity index (χ0) is 19.7. The van der Waals surface area contributed by atoms with Crippen LogP contribution in [0.3, 0.4) is 0 Å². The van der Waals surface area contributed by atoms with E-state index in [-0.39, 0.29) is 10.8 Å². The van der Waals surface area contributed by atoms with Gasteiger partial charge in [-0.1, -0.05) is 0 Å². The zero-order valence-electron chi connectivity index (χ0n) is 15.9. The number of carbonyl (C=O) groups is 1. The molecule has 2 aromatic rings. The van der Waals surface area contributed by atoms with Crippen LogP contribution in [0, 0.1) is 0 Å². The van der Waals surface area contributed by atoms with E-state index in [9.17, 15) is 13.2 Å². The molecule has 2 aliphatic heterocycles. The molecule has 1 amide bonds. The average Bonchev–Trinajstić information content (AvgIpc) is 2.68. The molecule has 2 aromatic carbocycles. The maximum absolute atomic E-state index is 12.8. The summed E-state index contributed by atoms with van der Waals surface area (Å²) >= 11 is 0. The number of nitrogens with one attached hydrogen (secondary N) is 3. The predicted octanol–water partition coefficient (Wildman–Crippen LogP) is 0.707. The predicted molar refractivity (Wildman–Crippen MR) is 109 cm³/mol. The smallest absolute Gasteiger partial charge is 0.261 e. The van der Waals surface area contributed by atoms with Crippen molar-refractivity contribution in [1.29, 1.82) is 0 Å². The standard InChI is InChI=1S/C20H24N4O3S/c1-23-10-12-24(13-11-23)17-5-3-16(4-6-17)22-28(26,27)18-7-8-19-15(14-18)2-9-20(25)21-19/h3-8,14,22H,2,9-13H2,1H3,(H,21,25)/p+1. The molecule has 3 N–H and O–H groups in total. The number of nitrogens with zero attached hydrogens (tertiary/aromatic N) is 1. The van der Waals surface area contributed by atoms with Gasteiger partial charge in [-0.15, -0.1) is 0 Å². The summed E-state index contributed by atoms with van der Waals surface area (Å²) < 4.78 is 28.2. The van der Waals surface area contributed by atoms with Gasteiger partial charge in [0, 0.05) is 23.5 Å². The first-order valence-electron chi connectivity index (χ1n) is 9.53. The second-order valence-electron chi connectivity index (χ2n) is 7.46. The highest BCUT2D eigenvalue weighted by Crippen LogP contribution is 2.27. The van der Waals surface area contributed by atoms with Crippen LogP contribution in [-0.2, 0) is 21.2 Å². The van der Waals surface area contributed by atoms with Crippen LogP contribution in [-0.4, -0.2) is 47.6 Å². The maximum atomic E-state index is 12.8. The fourth-order valence-corrected chi connectivity index (χ4v) is 4.74. The van der Waals surface area contributed by atoms with Crippen molar-refractivity contribution in [2.75, 3.05) is 48.2 Å². The number of piperazine rings is 1. The zero-order valence-corrected chi connectivity index (χ0v) is 16.7. The molecule has 0 spiro atoms. The Labute approximate surface area is 165 Å². The molecular formula is C20H25N4O3S+. The van der Waals surface area contributed by atoms with Crippen LogP contribution in [0.2, 0.25) is 0 Å². The molecule has 2 heterocycles. The summed E-state index contributed by atoms with van der Waals surface area (Å²) in [6.45, 7) is 4.21. The summed E-state index contributed by atoms with van der Waals surface area (Å²) in [5.41, 5.74) is 3.18. The molecule has 148 valence electrons. The van der Waals surface area contributed by atoms with Crippen LogP contribution in [0.4, 0.5) is 17.1 Å². The minimum atomic E-state index is -3.68. The first-order chi connectivity index (χ1) is 13.4. The van der Waals surface area contributed by atoms with Crippen LogP contribution < -0.4 is 19.8 Å². The highest BCUT2D eigenvalue weighted by molar-refractivity contribution is 7.92. The first kappa shape index (κ1) is 18.8. The van der Waals surface area contributed by atoms with Gasteiger partial charge in [-0.3, -0.25) is 9.52 Å². The molecule has 2 aliphatic rings. The molecule has 1 saturated heterocycles. The summed E-state index contributed by atoms with van der Waals surface area (Å²) in [5.74, 6) is -0.0388. The largest absolute Gasteiger partial charge is 0.360 e. The van der Waals surface area contributed by atoms with Gasteiger partial charge >= 0.3 is 0 Å². The van der Waals surface area contributed by atoms with Gasteiger partial charge in [-0.2, -0.15) is 0 Å². The highest BCUT2D eigenvalue weighted by Gasteiger charge is 2.21. The average molecular weight is 402 g/mol. The van der Waals surface area contributed by atoms with Gasteiger partial charge in [0.2, 0.25) is 5.91 Å². The molecule has 0 unspecified atom stereocenters. The number of carbonyl (C=O) groups excluding carboxylic acids is 1. The molecule has 0 atom stereocenters. The number of likely N-dealkylation sites (N-methyl/N-ethyl adjacent to an activating group) is 1. The van der Waals surface area contributed by atoms with Crippen LogP contribution in [0.15, 0.2) is 47.4 Å². The van der Waals surface area contributed by atoms with Gasteiger partial charge < -0.3 is 15.1 Å². The van der Waals surface area contributed by atoms with Gasteiger partial charge in [0.15, 0.2) is 0 Å². The highest BCUT2D eigenvalue weighted by atomic mass is 32.2. The van der Waals surface area contributed by atoms with Crippen molar-refractivity contribution in [1.82, 2.24) is 0 Å². The molecule has 0 aromatic heterocycles. The molecule has 0 radical (unpaired) electrons. The lowest BCUT2D eigenvalue weighted by atomic mass is 10.0. The monoisotopic (exact) mass is 401 g/mol. The number of sulfonamides is 1. The Balaban J connectivity index is 1.48. The van der Waals surface area contributed by atoms with Gasteiger partial charge in [-0.25, -0.2) is 8.42 Å². The van der Waals surface area contributed by atoms with Crippen molar-refractivity contribution in [3.63, 3.8) is 0 Å². The van der Waals surface area contributed by atoms with E-state index in [1.54, 1.807) is 24.3 Å². The molecule has 0 aliphatic carbocycles. The lowest BCUT2D eigenvalue weighted by Crippen LogP contribution is -3.12. The van der Waals surface area contributed by atoms with Crippen molar-refractivity contribution < 1.29 is 18.1 Å². The molecule has 0 saturated carbocycles. The van der Waals surface area contributed by atoms with Crippen LogP contribution in [0.25, 0.3) is 0 Å². The minimum absolute atomic E-state index is 0.0388. The van der Waals surface area contributed by atoms with E-state index in [2.05, 4.69) is 22.0 Å². The Kier molecular flexibility index (Phi) is 4.99. The van der Waals surface area contributed by atoms with E-state index in [0.717, 1.165) is 37.4 Å². The summed E-state index contributed by atoms with van der Waals surface area (Å²) in [7, 11) is -1.49. The summed E-state index contributed by atoms with van der Waals surface area (Å²) in [5, 5.41) is 2.77. The number of amides is 1. The fraction of sp³-hybridized carbons (Fsp3) is 0.350. The topological polar surface area (TPSA) is 83.0 Å². The number of hydrogen-bond acceptors (Lipinski definition) is 4. The molecule has 8 heteroatoms. The third-order valence-corrected chi connectivity index (χ3v) is 6.76. The molecule has 4 rings (SSSR count). The van der Waals surface area contributed by atoms with E-state index in [0.29, 0.717) is 24.2 Å². The van der Waals surface area contributed by atoms with Crippen LogP contribution in [0.1, 0.15) is 12.0 Å². The van der Waals surface area contributed by atoms with Crippen molar-refractivity contribution in [2.24, 2.45) is 0 Å². The third-order valence-electron chi connectivity index (χ3n) is 5.38. The quantitative estimate of drug-likeness (QED) is 0.705.